The van der Waals surface area contributed by atoms with Crippen molar-refractivity contribution in [1.82, 2.24) is 10.2 Å². The van der Waals surface area contributed by atoms with E-state index in [4.69, 9.17) is 4.74 Å². The van der Waals surface area contributed by atoms with Gasteiger partial charge in [0.05, 0.1) is 6.10 Å². The average molecular weight is 242 g/mol. The highest BCUT2D eigenvalue weighted by molar-refractivity contribution is 4.87. The third kappa shape index (κ3) is 5.36. The number of rotatable bonds is 9. The van der Waals surface area contributed by atoms with E-state index in [-0.39, 0.29) is 0 Å². The molecule has 0 aromatic carbocycles. The molecule has 1 N–H and O–H groups in total. The Kier molecular flexibility index (Phi) is 7.09. The summed E-state index contributed by atoms with van der Waals surface area (Å²) in [5.74, 6) is 0. The number of nitrogens with one attached hydrogen (secondary N) is 1. The van der Waals surface area contributed by atoms with Gasteiger partial charge in [-0.05, 0) is 52.2 Å². The van der Waals surface area contributed by atoms with Crippen molar-refractivity contribution in [3.8, 4) is 0 Å². The maximum atomic E-state index is 5.29. The normalized spacial score (nSPS) is 25.9. The standard InChI is InChI=1S/C14H30N2O/c1-5-16(6-2)9-7-8-12(3)15-13-10-14(11-13)17-4/h12-15H,5-11H2,1-4H3. The van der Waals surface area contributed by atoms with Crippen molar-refractivity contribution in [3.63, 3.8) is 0 Å². The molecular weight excluding hydrogens is 212 g/mol. The van der Waals surface area contributed by atoms with Gasteiger partial charge in [0.15, 0.2) is 0 Å². The van der Waals surface area contributed by atoms with Gasteiger partial charge in [0.2, 0.25) is 0 Å². The molecule has 0 aromatic heterocycles. The van der Waals surface area contributed by atoms with E-state index in [1.54, 1.807) is 0 Å². The van der Waals surface area contributed by atoms with E-state index in [1.807, 2.05) is 7.11 Å². The summed E-state index contributed by atoms with van der Waals surface area (Å²) in [5, 5.41) is 3.69. The van der Waals surface area contributed by atoms with E-state index in [0.29, 0.717) is 18.2 Å². The Morgan fingerprint density at radius 3 is 2.47 bits per heavy atom. The predicted octanol–water partition coefficient (Wildman–Crippen LogP) is 2.26. The van der Waals surface area contributed by atoms with Crippen LogP contribution in [0.5, 0.6) is 0 Å². The minimum atomic E-state index is 0.510. The molecule has 0 radical (unpaired) electrons. The van der Waals surface area contributed by atoms with Gasteiger partial charge in [-0.15, -0.1) is 0 Å². The zero-order valence-electron chi connectivity index (χ0n) is 12.0. The van der Waals surface area contributed by atoms with Crippen LogP contribution in [0.25, 0.3) is 0 Å². The van der Waals surface area contributed by atoms with Crippen LogP contribution in [-0.2, 0) is 4.74 Å². The van der Waals surface area contributed by atoms with Crippen molar-refractivity contribution >= 4 is 0 Å². The first-order chi connectivity index (χ1) is 8.19. The molecule has 102 valence electrons. The molecule has 0 aromatic rings. The Hall–Kier alpha value is -0.120. The molecule has 1 atom stereocenters. The molecule has 0 aliphatic heterocycles. The van der Waals surface area contributed by atoms with Crippen LogP contribution in [0.4, 0.5) is 0 Å². The average Bonchev–Trinajstić information content (AvgIpc) is 2.28. The number of ether oxygens (including phenoxy) is 1. The van der Waals surface area contributed by atoms with Gasteiger partial charge < -0.3 is 15.0 Å². The first-order valence-corrected chi connectivity index (χ1v) is 7.20. The second-order valence-corrected chi connectivity index (χ2v) is 5.26. The monoisotopic (exact) mass is 242 g/mol. The molecule has 1 unspecified atom stereocenters. The summed E-state index contributed by atoms with van der Waals surface area (Å²) in [6.45, 7) is 10.4. The molecule has 0 heterocycles. The van der Waals surface area contributed by atoms with Gasteiger partial charge >= 0.3 is 0 Å². The fourth-order valence-electron chi connectivity index (χ4n) is 2.54. The van der Waals surface area contributed by atoms with Gasteiger partial charge in [0.1, 0.15) is 0 Å². The fraction of sp³-hybridized carbons (Fsp3) is 1.00. The Balaban J connectivity index is 2.00. The topological polar surface area (TPSA) is 24.5 Å². The lowest BCUT2D eigenvalue weighted by Crippen LogP contribution is -2.48. The smallest absolute Gasteiger partial charge is 0.0601 e. The summed E-state index contributed by atoms with van der Waals surface area (Å²) in [5.41, 5.74) is 0. The van der Waals surface area contributed by atoms with Gasteiger partial charge in [-0.2, -0.15) is 0 Å². The molecule has 0 spiro atoms. The van der Waals surface area contributed by atoms with Crippen molar-refractivity contribution in [2.45, 2.75) is 64.6 Å². The van der Waals surface area contributed by atoms with E-state index in [0.717, 1.165) is 0 Å². The Morgan fingerprint density at radius 2 is 1.94 bits per heavy atom. The Labute approximate surface area is 107 Å². The number of methoxy groups -OCH3 is 1. The van der Waals surface area contributed by atoms with Crippen molar-refractivity contribution in [2.24, 2.45) is 0 Å². The third-order valence-electron chi connectivity index (χ3n) is 3.95. The van der Waals surface area contributed by atoms with E-state index >= 15 is 0 Å². The molecule has 1 saturated carbocycles. The summed E-state index contributed by atoms with van der Waals surface area (Å²) in [6, 6.07) is 1.34. The lowest BCUT2D eigenvalue weighted by molar-refractivity contribution is 0.0144. The lowest BCUT2D eigenvalue weighted by Gasteiger charge is -2.36. The predicted molar refractivity (Wildman–Crippen MR) is 73.4 cm³/mol. The molecule has 1 fully saturated rings. The molecule has 0 bridgehead atoms. The minimum absolute atomic E-state index is 0.510. The summed E-state index contributed by atoms with van der Waals surface area (Å²) in [7, 11) is 1.81. The molecule has 17 heavy (non-hydrogen) atoms. The van der Waals surface area contributed by atoms with Crippen LogP contribution < -0.4 is 5.32 Å². The highest BCUT2D eigenvalue weighted by Crippen LogP contribution is 2.23. The summed E-state index contributed by atoms with van der Waals surface area (Å²) >= 11 is 0. The molecule has 1 aliphatic carbocycles. The van der Waals surface area contributed by atoms with E-state index < -0.39 is 0 Å². The highest BCUT2D eigenvalue weighted by Gasteiger charge is 2.29. The van der Waals surface area contributed by atoms with Crippen LogP contribution in [-0.4, -0.2) is 49.8 Å². The van der Waals surface area contributed by atoms with Crippen molar-refractivity contribution in [2.75, 3.05) is 26.7 Å². The minimum Gasteiger partial charge on any atom is -0.381 e. The van der Waals surface area contributed by atoms with Crippen LogP contribution in [0.2, 0.25) is 0 Å². The maximum absolute atomic E-state index is 5.29. The molecule has 1 aliphatic rings. The van der Waals surface area contributed by atoms with E-state index in [2.05, 4.69) is 31.0 Å². The summed E-state index contributed by atoms with van der Waals surface area (Å²) in [6.07, 6.45) is 5.48. The molecule has 0 saturated heterocycles. The maximum Gasteiger partial charge on any atom is 0.0601 e. The van der Waals surface area contributed by atoms with Crippen molar-refractivity contribution < 1.29 is 4.74 Å². The van der Waals surface area contributed by atoms with Crippen LogP contribution in [0.1, 0.15) is 46.5 Å². The fourth-order valence-corrected chi connectivity index (χ4v) is 2.54. The van der Waals surface area contributed by atoms with Gasteiger partial charge in [0.25, 0.3) is 0 Å². The quantitative estimate of drug-likeness (QED) is 0.671. The molecule has 3 nitrogen and oxygen atoms in total. The molecule has 1 rings (SSSR count). The largest absolute Gasteiger partial charge is 0.381 e. The van der Waals surface area contributed by atoms with E-state index in [9.17, 15) is 0 Å². The first-order valence-electron chi connectivity index (χ1n) is 7.20. The Morgan fingerprint density at radius 1 is 1.29 bits per heavy atom. The SMILES string of the molecule is CCN(CC)CCCC(C)NC1CC(OC)C1. The van der Waals surface area contributed by atoms with Gasteiger partial charge in [-0.3, -0.25) is 0 Å². The highest BCUT2D eigenvalue weighted by atomic mass is 16.5. The second kappa shape index (κ2) is 8.06. The summed E-state index contributed by atoms with van der Waals surface area (Å²) in [4.78, 5) is 2.50. The summed E-state index contributed by atoms with van der Waals surface area (Å²) < 4.78 is 5.29. The molecular formula is C14H30N2O. The van der Waals surface area contributed by atoms with Crippen LogP contribution in [0, 0.1) is 0 Å². The van der Waals surface area contributed by atoms with Crippen molar-refractivity contribution in [1.29, 1.82) is 0 Å². The second-order valence-electron chi connectivity index (χ2n) is 5.26. The number of hydrogen-bond donors (Lipinski definition) is 1. The van der Waals surface area contributed by atoms with Gasteiger partial charge in [-0.25, -0.2) is 0 Å². The lowest BCUT2D eigenvalue weighted by atomic mass is 9.88. The van der Waals surface area contributed by atoms with Crippen molar-refractivity contribution in [3.05, 3.63) is 0 Å². The Bertz CT molecular complexity index is 189. The van der Waals surface area contributed by atoms with Crippen LogP contribution in [0.3, 0.4) is 0 Å². The number of hydrogen-bond acceptors (Lipinski definition) is 3. The molecule has 0 amide bonds. The van der Waals surface area contributed by atoms with Gasteiger partial charge in [-0.1, -0.05) is 13.8 Å². The van der Waals surface area contributed by atoms with Crippen LogP contribution >= 0.6 is 0 Å². The zero-order valence-corrected chi connectivity index (χ0v) is 12.0. The first kappa shape index (κ1) is 14.9. The number of nitrogens with zero attached hydrogens (tertiary/aromatic N) is 1. The zero-order chi connectivity index (χ0) is 12.7. The molecule has 3 heteroatoms. The van der Waals surface area contributed by atoms with Crippen LogP contribution in [0.15, 0.2) is 0 Å². The van der Waals surface area contributed by atoms with E-state index in [1.165, 1.54) is 45.3 Å². The van der Waals surface area contributed by atoms with Gasteiger partial charge in [0, 0.05) is 19.2 Å². The third-order valence-corrected chi connectivity index (χ3v) is 3.95.